The smallest absolute Gasteiger partial charge is 0.355 e. The zero-order valence-corrected chi connectivity index (χ0v) is 18.7. The highest BCUT2D eigenvalue weighted by atomic mass is 32.2. The van der Waals surface area contributed by atoms with E-state index in [1.54, 1.807) is 30.3 Å². The monoisotopic (exact) mass is 466 g/mol. The second-order valence-electron chi connectivity index (χ2n) is 7.52. The van der Waals surface area contributed by atoms with Gasteiger partial charge in [0.25, 0.3) is 11.8 Å². The van der Waals surface area contributed by atoms with Crippen molar-refractivity contribution in [2.75, 3.05) is 12.4 Å². The van der Waals surface area contributed by atoms with Gasteiger partial charge in [-0.1, -0.05) is 48.5 Å². The summed E-state index contributed by atoms with van der Waals surface area (Å²) in [5.74, 6) is -1.59. The topological polar surface area (TPSA) is 102 Å². The van der Waals surface area contributed by atoms with Crippen molar-refractivity contribution in [3.8, 4) is 0 Å². The minimum atomic E-state index is -0.769. The molecule has 0 spiro atoms. The molecule has 2 aliphatic heterocycles. The number of benzene rings is 2. The molecule has 1 saturated heterocycles. The summed E-state index contributed by atoms with van der Waals surface area (Å²) in [6.45, 7) is 1.20. The Hall–Kier alpha value is -3.59. The van der Waals surface area contributed by atoms with Crippen LogP contribution in [0.5, 0.6) is 0 Å². The summed E-state index contributed by atoms with van der Waals surface area (Å²) in [5.41, 5.74) is 1.81. The summed E-state index contributed by atoms with van der Waals surface area (Å²) in [4.78, 5) is 51.2. The predicted molar refractivity (Wildman–Crippen MR) is 121 cm³/mol. The van der Waals surface area contributed by atoms with Gasteiger partial charge < -0.3 is 14.8 Å². The Morgan fingerprint density at radius 1 is 1.00 bits per heavy atom. The number of carbonyl (C=O) groups is 4. The van der Waals surface area contributed by atoms with E-state index in [1.165, 1.54) is 23.6 Å². The summed E-state index contributed by atoms with van der Waals surface area (Å²) in [7, 11) is 0. The Morgan fingerprint density at radius 3 is 2.33 bits per heavy atom. The number of esters is 2. The van der Waals surface area contributed by atoms with Crippen molar-refractivity contribution in [1.82, 2.24) is 10.2 Å². The molecule has 0 bridgehead atoms. The maximum Gasteiger partial charge on any atom is 0.355 e. The van der Waals surface area contributed by atoms with Gasteiger partial charge in [-0.05, 0) is 17.7 Å². The Morgan fingerprint density at radius 2 is 1.67 bits per heavy atom. The fourth-order valence-electron chi connectivity index (χ4n) is 3.58. The Kier molecular flexibility index (Phi) is 6.79. The molecular formula is C24H22N2O6S. The number of hydrogen-bond donors (Lipinski definition) is 1. The van der Waals surface area contributed by atoms with Crippen molar-refractivity contribution in [1.29, 1.82) is 0 Å². The fraction of sp³-hybridized carbons (Fsp3) is 0.250. The molecule has 2 aliphatic rings. The first-order valence-electron chi connectivity index (χ1n) is 10.3. The number of β-lactam (4-membered cyclic amide) rings is 1. The minimum Gasteiger partial charge on any atom is -0.461 e. The molecule has 2 atom stereocenters. The van der Waals surface area contributed by atoms with Crippen molar-refractivity contribution in [3.05, 3.63) is 83.1 Å². The van der Waals surface area contributed by atoms with E-state index in [4.69, 9.17) is 9.47 Å². The van der Waals surface area contributed by atoms with E-state index in [-0.39, 0.29) is 24.8 Å². The van der Waals surface area contributed by atoms with Crippen LogP contribution in [0.15, 0.2) is 71.9 Å². The third kappa shape index (κ3) is 4.93. The molecule has 33 heavy (non-hydrogen) atoms. The summed E-state index contributed by atoms with van der Waals surface area (Å²) >= 11 is 1.39. The minimum absolute atomic E-state index is 0.0397. The SMILES string of the molecule is CC(=O)OCC1=C(C(=O)OCc2ccccc2)N2C(=O)C(NC(=O)c3ccccc3)[C@@H]2SC1. The lowest BCUT2D eigenvalue weighted by molar-refractivity contribution is -0.152. The summed E-state index contributed by atoms with van der Waals surface area (Å²) < 4.78 is 10.6. The molecule has 170 valence electrons. The van der Waals surface area contributed by atoms with Gasteiger partial charge in [-0.15, -0.1) is 11.8 Å². The molecule has 1 unspecified atom stereocenters. The lowest BCUT2D eigenvalue weighted by Gasteiger charge is -2.49. The number of fused-ring (bicyclic) bond motifs is 1. The van der Waals surface area contributed by atoms with Gasteiger partial charge in [-0.25, -0.2) is 4.79 Å². The lowest BCUT2D eigenvalue weighted by atomic mass is 10.0. The van der Waals surface area contributed by atoms with Crippen molar-refractivity contribution < 1.29 is 28.7 Å². The first kappa shape index (κ1) is 22.6. The molecule has 1 N–H and O–H groups in total. The number of ether oxygens (including phenoxy) is 2. The van der Waals surface area contributed by atoms with Crippen LogP contribution in [0, 0.1) is 0 Å². The predicted octanol–water partition coefficient (Wildman–Crippen LogP) is 2.26. The van der Waals surface area contributed by atoms with Gasteiger partial charge in [0.15, 0.2) is 0 Å². The lowest BCUT2D eigenvalue weighted by Crippen LogP contribution is -2.70. The zero-order chi connectivity index (χ0) is 23.4. The maximum atomic E-state index is 13.0. The number of hydrogen-bond acceptors (Lipinski definition) is 7. The maximum absolute atomic E-state index is 13.0. The van der Waals surface area contributed by atoms with E-state index in [9.17, 15) is 19.2 Å². The van der Waals surface area contributed by atoms with Crippen molar-refractivity contribution in [3.63, 3.8) is 0 Å². The van der Waals surface area contributed by atoms with E-state index in [1.807, 2.05) is 30.3 Å². The van der Waals surface area contributed by atoms with Crippen LogP contribution in [0.25, 0.3) is 0 Å². The molecule has 0 aliphatic carbocycles. The van der Waals surface area contributed by atoms with Crippen LogP contribution >= 0.6 is 11.8 Å². The fourth-order valence-corrected chi connectivity index (χ4v) is 4.90. The van der Waals surface area contributed by atoms with Crippen LogP contribution in [0.3, 0.4) is 0 Å². The largest absolute Gasteiger partial charge is 0.461 e. The summed E-state index contributed by atoms with van der Waals surface area (Å²) in [5, 5.41) is 2.30. The van der Waals surface area contributed by atoms with Gasteiger partial charge in [0, 0.05) is 23.8 Å². The van der Waals surface area contributed by atoms with Crippen LogP contribution in [-0.2, 0) is 30.5 Å². The second kappa shape index (κ2) is 9.91. The van der Waals surface area contributed by atoms with Crippen molar-refractivity contribution >= 4 is 35.5 Å². The standard InChI is InChI=1S/C24H22N2O6S/c1-15(27)31-13-18-14-33-23-19(25-21(28)17-10-6-3-7-11-17)22(29)26(23)20(18)24(30)32-12-16-8-4-2-5-9-16/h2-11,19,23H,12-14H2,1H3,(H,25,28)/t19?,23-/m0/s1. The highest BCUT2D eigenvalue weighted by molar-refractivity contribution is 8.00. The van der Waals surface area contributed by atoms with Gasteiger partial charge >= 0.3 is 11.9 Å². The molecule has 4 rings (SSSR count). The first-order valence-corrected chi connectivity index (χ1v) is 11.4. The van der Waals surface area contributed by atoms with Gasteiger partial charge in [-0.2, -0.15) is 0 Å². The first-order chi connectivity index (χ1) is 16.0. The van der Waals surface area contributed by atoms with Crippen LogP contribution in [0.2, 0.25) is 0 Å². The van der Waals surface area contributed by atoms with Crippen LogP contribution in [-0.4, -0.2) is 52.4 Å². The number of rotatable bonds is 7. The normalized spacial score (nSPS) is 19.3. The Balaban J connectivity index is 1.51. The number of thioether (sulfide) groups is 1. The molecular weight excluding hydrogens is 444 g/mol. The molecule has 8 nitrogen and oxygen atoms in total. The van der Waals surface area contributed by atoms with E-state index in [0.29, 0.717) is 16.9 Å². The van der Waals surface area contributed by atoms with Crippen LogP contribution in [0.4, 0.5) is 0 Å². The average molecular weight is 467 g/mol. The van der Waals surface area contributed by atoms with E-state index in [0.717, 1.165) is 5.56 Å². The number of amides is 2. The average Bonchev–Trinajstić information content (AvgIpc) is 2.84. The third-order valence-corrected chi connectivity index (χ3v) is 6.57. The van der Waals surface area contributed by atoms with Gasteiger partial charge in [0.1, 0.15) is 30.3 Å². The Labute approximate surface area is 194 Å². The molecule has 2 aromatic carbocycles. The van der Waals surface area contributed by atoms with Gasteiger partial charge in [0.05, 0.1) is 0 Å². The van der Waals surface area contributed by atoms with E-state index >= 15 is 0 Å². The number of nitrogens with one attached hydrogen (secondary N) is 1. The quantitative estimate of drug-likeness (QED) is 0.493. The van der Waals surface area contributed by atoms with E-state index < -0.39 is 29.3 Å². The molecule has 2 heterocycles. The van der Waals surface area contributed by atoms with Crippen LogP contribution < -0.4 is 5.32 Å². The van der Waals surface area contributed by atoms with Crippen molar-refractivity contribution in [2.45, 2.75) is 24.9 Å². The zero-order valence-electron chi connectivity index (χ0n) is 17.9. The molecule has 1 fully saturated rings. The van der Waals surface area contributed by atoms with Gasteiger partial charge in [-0.3, -0.25) is 19.3 Å². The van der Waals surface area contributed by atoms with Crippen LogP contribution in [0.1, 0.15) is 22.8 Å². The third-order valence-electron chi connectivity index (χ3n) is 5.23. The summed E-state index contributed by atoms with van der Waals surface area (Å²) in [6, 6.07) is 17.0. The second-order valence-corrected chi connectivity index (χ2v) is 8.63. The van der Waals surface area contributed by atoms with E-state index in [2.05, 4.69) is 5.32 Å². The highest BCUT2D eigenvalue weighted by Crippen LogP contribution is 2.41. The molecule has 9 heteroatoms. The number of carbonyl (C=O) groups excluding carboxylic acids is 4. The molecule has 2 amide bonds. The summed E-state index contributed by atoms with van der Waals surface area (Å²) in [6.07, 6.45) is 0. The van der Waals surface area contributed by atoms with Crippen molar-refractivity contribution in [2.24, 2.45) is 0 Å². The molecule has 0 saturated carbocycles. The number of nitrogens with zero attached hydrogens (tertiary/aromatic N) is 1. The molecule has 0 aromatic heterocycles. The van der Waals surface area contributed by atoms with Gasteiger partial charge in [0.2, 0.25) is 0 Å². The highest BCUT2D eigenvalue weighted by Gasteiger charge is 2.54. The Bertz CT molecular complexity index is 1100. The molecule has 2 aromatic rings. The molecule has 0 radical (unpaired) electrons.